The summed E-state index contributed by atoms with van der Waals surface area (Å²) in [7, 11) is 0. The maximum Gasteiger partial charge on any atom is 0.282 e. The van der Waals surface area contributed by atoms with Gasteiger partial charge < -0.3 is 0 Å². The lowest BCUT2D eigenvalue weighted by molar-refractivity contribution is -0.708. The molecule has 0 spiro atoms. The van der Waals surface area contributed by atoms with E-state index >= 15 is 0 Å². The van der Waals surface area contributed by atoms with Gasteiger partial charge in [-0.25, -0.2) is 0 Å². The quantitative estimate of drug-likeness (QED) is 0.522. The smallest absolute Gasteiger partial charge is 0.194 e. The van der Waals surface area contributed by atoms with Crippen LogP contribution in [0.4, 0.5) is 0 Å². The van der Waals surface area contributed by atoms with Gasteiger partial charge in [-0.15, -0.1) is 12.4 Å². The van der Waals surface area contributed by atoms with Crippen LogP contribution >= 0.6 is 12.4 Å². The average Bonchev–Trinajstić information content (AvgIpc) is 1.69. The molecular formula is C4H5ClNO2+. The Bertz CT molecular complexity index is 180. The lowest BCUT2D eigenvalue weighted by Crippen LogP contribution is -2.08. The van der Waals surface area contributed by atoms with Gasteiger partial charge in [0, 0.05) is 6.07 Å². The Morgan fingerprint density at radius 2 is 2.12 bits per heavy atom. The minimum Gasteiger partial charge on any atom is -0.194 e. The van der Waals surface area contributed by atoms with Crippen molar-refractivity contribution < 1.29 is 9.12 Å². The maximum absolute atomic E-state index is 10.0. The molecule has 0 unspecified atom stereocenters. The van der Waals surface area contributed by atoms with E-state index in [2.05, 4.69) is 4.52 Å². The molecule has 1 aromatic rings. The van der Waals surface area contributed by atoms with Gasteiger partial charge in [-0.05, 0) is 6.07 Å². The van der Waals surface area contributed by atoms with Crippen molar-refractivity contribution in [3.05, 3.63) is 29.5 Å². The molecule has 0 aliphatic carbocycles. The molecule has 8 heavy (non-hydrogen) atoms. The number of halogens is 1. The van der Waals surface area contributed by atoms with Crippen molar-refractivity contribution in [2.45, 2.75) is 0 Å². The van der Waals surface area contributed by atoms with Crippen LogP contribution in [0.1, 0.15) is 0 Å². The Morgan fingerprint density at radius 3 is 2.38 bits per heavy atom. The molecule has 0 aliphatic rings. The first-order valence-electron chi connectivity index (χ1n) is 1.86. The van der Waals surface area contributed by atoms with Gasteiger partial charge in [0.15, 0.2) is 6.26 Å². The molecule has 0 fully saturated rings. The summed E-state index contributed by atoms with van der Waals surface area (Å²) in [5.41, 5.74) is 0. The fraction of sp³-hybridized carbons (Fsp3) is 0. The van der Waals surface area contributed by atoms with E-state index in [-0.39, 0.29) is 12.4 Å². The van der Waals surface area contributed by atoms with Crippen LogP contribution in [0.2, 0.25) is 0 Å². The zero-order chi connectivity index (χ0) is 5.11. The molecule has 44 valence electrons. The lowest BCUT2D eigenvalue weighted by atomic mass is 10.6. The molecular weight excluding hydrogens is 130 g/mol. The van der Waals surface area contributed by atoms with Crippen LogP contribution in [0, 0.1) is 4.91 Å². The van der Waals surface area contributed by atoms with E-state index < -0.39 is 0 Å². The van der Waals surface area contributed by atoms with E-state index in [4.69, 9.17) is 0 Å². The van der Waals surface area contributed by atoms with Crippen molar-refractivity contribution in [2.75, 3.05) is 0 Å². The van der Waals surface area contributed by atoms with Crippen LogP contribution in [0.25, 0.3) is 0 Å². The largest absolute Gasteiger partial charge is 0.282 e. The molecule has 0 radical (unpaired) electrons. The van der Waals surface area contributed by atoms with Gasteiger partial charge in [-0.1, -0.05) is 0 Å². The molecule has 0 N–H and O–H groups in total. The Morgan fingerprint density at radius 1 is 1.38 bits per heavy atom. The van der Waals surface area contributed by atoms with Gasteiger partial charge in [-0.2, -0.15) is 4.52 Å². The van der Waals surface area contributed by atoms with Gasteiger partial charge >= 0.3 is 0 Å². The molecule has 1 rings (SSSR count). The molecule has 4 heteroatoms. The van der Waals surface area contributed by atoms with Gasteiger partial charge in [0.1, 0.15) is 0 Å². The second-order valence-electron chi connectivity index (χ2n) is 1.06. The maximum atomic E-state index is 10.0. The van der Waals surface area contributed by atoms with E-state index in [9.17, 15) is 4.91 Å². The Kier molecular flexibility index (Phi) is 2.88. The fourth-order valence-corrected chi connectivity index (χ4v) is 0.296. The van der Waals surface area contributed by atoms with E-state index in [0.29, 0.717) is 4.60 Å². The molecule has 1 aromatic heterocycles. The first kappa shape index (κ1) is 7.17. The van der Waals surface area contributed by atoms with Crippen LogP contribution in [0.3, 0.4) is 0 Å². The summed E-state index contributed by atoms with van der Waals surface area (Å²) in [6, 6.07) is 3.23. The number of nitrogens with zero attached hydrogens (tertiary/aromatic N) is 1. The molecule has 3 nitrogen and oxygen atoms in total. The highest BCUT2D eigenvalue weighted by Gasteiger charge is 1.81. The highest BCUT2D eigenvalue weighted by molar-refractivity contribution is 5.85. The first-order chi connectivity index (χ1) is 3.39. The van der Waals surface area contributed by atoms with Crippen molar-refractivity contribution in [1.29, 1.82) is 0 Å². The summed E-state index contributed by atoms with van der Waals surface area (Å²) in [5.74, 6) is 0. The van der Waals surface area contributed by atoms with E-state index in [1.54, 1.807) is 12.1 Å². The summed E-state index contributed by atoms with van der Waals surface area (Å²) in [6.45, 7) is 0. The number of rotatable bonds is 0. The zero-order valence-corrected chi connectivity index (χ0v) is 4.80. The van der Waals surface area contributed by atoms with E-state index in [1.165, 1.54) is 12.5 Å². The predicted molar refractivity (Wildman–Crippen MR) is 29.3 cm³/mol. The molecule has 0 aliphatic heterocycles. The van der Waals surface area contributed by atoms with Gasteiger partial charge in [0.2, 0.25) is 0 Å². The van der Waals surface area contributed by atoms with Crippen LogP contribution in [0.5, 0.6) is 0 Å². The molecule has 0 bridgehead atoms. The average molecular weight is 135 g/mol. The summed E-state index contributed by atoms with van der Waals surface area (Å²) in [5, 5.41) is 0. The summed E-state index contributed by atoms with van der Waals surface area (Å²) >= 11 is 0. The first-order valence-corrected chi connectivity index (χ1v) is 1.86. The number of aromatic nitrogens is 1. The monoisotopic (exact) mass is 134 g/mol. The van der Waals surface area contributed by atoms with Gasteiger partial charge in [-0.3, -0.25) is 0 Å². The Labute approximate surface area is 51.9 Å². The van der Waals surface area contributed by atoms with Crippen molar-refractivity contribution in [1.82, 2.24) is 0 Å². The van der Waals surface area contributed by atoms with Crippen molar-refractivity contribution in [3.8, 4) is 0 Å². The Balaban J connectivity index is 0.000000490. The zero-order valence-electron chi connectivity index (χ0n) is 3.98. The molecule has 0 saturated carbocycles. The highest BCUT2D eigenvalue weighted by atomic mass is 35.5. The van der Waals surface area contributed by atoms with Crippen LogP contribution in [-0.4, -0.2) is 0 Å². The topological polar surface area (TPSA) is 36.1 Å². The Hall–Kier alpha value is -0.830. The molecule has 0 amide bonds. The molecule has 1 heterocycles. The van der Waals surface area contributed by atoms with Crippen molar-refractivity contribution in [3.63, 3.8) is 0 Å². The lowest BCUT2D eigenvalue weighted by Gasteiger charge is -1.61. The third kappa shape index (κ3) is 1.75. The second kappa shape index (κ2) is 3.21. The fourth-order valence-electron chi connectivity index (χ4n) is 0.296. The summed E-state index contributed by atoms with van der Waals surface area (Å²) in [4.78, 5) is 10.0. The third-order valence-electron chi connectivity index (χ3n) is 0.562. The van der Waals surface area contributed by atoms with E-state index in [0.717, 1.165) is 0 Å². The summed E-state index contributed by atoms with van der Waals surface area (Å²) < 4.78 is 4.66. The van der Waals surface area contributed by atoms with Gasteiger partial charge in [0.25, 0.3) is 10.8 Å². The van der Waals surface area contributed by atoms with E-state index in [1.807, 2.05) is 0 Å². The van der Waals surface area contributed by atoms with Crippen LogP contribution in [0.15, 0.2) is 29.1 Å². The standard InChI is InChI=1S/C4H4NO2.ClH/c6-5-3-1-2-4-7-5;/h1-4H;1H/q+1;. The molecule has 0 atom stereocenters. The van der Waals surface area contributed by atoms with Crippen molar-refractivity contribution in [2.24, 2.45) is 0 Å². The summed E-state index contributed by atoms with van der Waals surface area (Å²) in [6.07, 6.45) is 2.59. The number of hydrogen-bond donors (Lipinski definition) is 0. The SMILES string of the molecule is Cl.O=[n+]1cccco1. The van der Waals surface area contributed by atoms with Gasteiger partial charge in [0.05, 0.1) is 4.91 Å². The predicted octanol–water partition coefficient (Wildman–Crippen LogP) is 0.616. The highest BCUT2D eigenvalue weighted by Crippen LogP contribution is 1.69. The van der Waals surface area contributed by atoms with Crippen molar-refractivity contribution >= 4 is 12.4 Å². The molecule has 0 aromatic carbocycles. The number of hydrogen-bond acceptors (Lipinski definition) is 2. The minimum atomic E-state index is 0. The van der Waals surface area contributed by atoms with Crippen LogP contribution < -0.4 is 4.60 Å². The van der Waals surface area contributed by atoms with Crippen LogP contribution in [-0.2, 0) is 0 Å². The minimum absolute atomic E-state index is 0. The molecule has 0 saturated heterocycles. The third-order valence-corrected chi connectivity index (χ3v) is 0.562. The normalized spacial score (nSPS) is 7.50. The second-order valence-corrected chi connectivity index (χ2v) is 1.06.